The summed E-state index contributed by atoms with van der Waals surface area (Å²) >= 11 is 0. The monoisotopic (exact) mass is 224 g/mol. The molecule has 1 aromatic heterocycles. The van der Waals surface area contributed by atoms with E-state index in [1.165, 1.54) is 0 Å². The van der Waals surface area contributed by atoms with Crippen molar-refractivity contribution in [3.05, 3.63) is 24.0 Å². The highest BCUT2D eigenvalue weighted by atomic mass is 16.5. The molecule has 0 saturated carbocycles. The number of rotatable bonds is 8. The first-order valence-electron chi connectivity index (χ1n) is 5.65. The number of nitrogens with zero attached hydrogens (tertiary/aromatic N) is 1. The van der Waals surface area contributed by atoms with E-state index in [2.05, 4.69) is 17.2 Å². The summed E-state index contributed by atoms with van der Waals surface area (Å²) in [5.41, 5.74) is 1.98. The lowest BCUT2D eigenvalue weighted by atomic mass is 10.3. The second-order valence-corrected chi connectivity index (χ2v) is 3.45. The fourth-order valence-electron chi connectivity index (χ4n) is 1.25. The van der Waals surface area contributed by atoms with Gasteiger partial charge in [0.1, 0.15) is 0 Å². The van der Waals surface area contributed by atoms with E-state index >= 15 is 0 Å². The Balaban J connectivity index is 2.16. The van der Waals surface area contributed by atoms with Gasteiger partial charge in [0.2, 0.25) is 0 Å². The summed E-state index contributed by atoms with van der Waals surface area (Å²) in [5, 5.41) is 3.07. The molecule has 0 radical (unpaired) electrons. The third-order valence-corrected chi connectivity index (χ3v) is 2.08. The van der Waals surface area contributed by atoms with Crippen LogP contribution in [-0.2, 0) is 16.1 Å². The maximum Gasteiger partial charge on any atom is 0.0889 e. The maximum absolute atomic E-state index is 5.45. The summed E-state index contributed by atoms with van der Waals surface area (Å²) in [5.74, 6) is 0. The SMILES string of the molecule is CCCOCCOCc1cc(NC)ccn1. The van der Waals surface area contributed by atoms with Gasteiger partial charge in [0.05, 0.1) is 25.5 Å². The first-order valence-corrected chi connectivity index (χ1v) is 5.65. The zero-order valence-electron chi connectivity index (χ0n) is 10.0. The Bertz CT molecular complexity index is 292. The van der Waals surface area contributed by atoms with Gasteiger partial charge in [-0.3, -0.25) is 4.98 Å². The predicted octanol–water partition coefficient (Wildman–Crippen LogP) is 2.07. The predicted molar refractivity (Wildman–Crippen MR) is 64.5 cm³/mol. The third kappa shape index (κ3) is 5.09. The summed E-state index contributed by atoms with van der Waals surface area (Å²) in [6.45, 7) is 4.70. The van der Waals surface area contributed by atoms with Gasteiger partial charge in [-0.15, -0.1) is 0 Å². The van der Waals surface area contributed by atoms with Gasteiger partial charge in [-0.1, -0.05) is 6.92 Å². The first-order chi connectivity index (χ1) is 7.86. The average molecular weight is 224 g/mol. The molecule has 1 aromatic rings. The Labute approximate surface area is 97.0 Å². The molecule has 0 bridgehead atoms. The summed E-state index contributed by atoms with van der Waals surface area (Å²) in [6.07, 6.45) is 2.82. The van der Waals surface area contributed by atoms with Crippen molar-refractivity contribution in [3.63, 3.8) is 0 Å². The molecule has 0 unspecified atom stereocenters. The van der Waals surface area contributed by atoms with Gasteiger partial charge >= 0.3 is 0 Å². The van der Waals surface area contributed by atoms with E-state index in [0.29, 0.717) is 19.8 Å². The molecule has 0 atom stereocenters. The lowest BCUT2D eigenvalue weighted by Gasteiger charge is -2.06. The molecule has 0 amide bonds. The minimum absolute atomic E-state index is 0.533. The molecule has 0 aliphatic rings. The largest absolute Gasteiger partial charge is 0.388 e. The highest BCUT2D eigenvalue weighted by Crippen LogP contribution is 2.07. The minimum Gasteiger partial charge on any atom is -0.388 e. The van der Waals surface area contributed by atoms with Gasteiger partial charge in [0.25, 0.3) is 0 Å². The molecule has 0 saturated heterocycles. The highest BCUT2D eigenvalue weighted by Gasteiger charge is 1.96. The van der Waals surface area contributed by atoms with Crippen molar-refractivity contribution < 1.29 is 9.47 Å². The molecular formula is C12H20N2O2. The number of hydrogen-bond acceptors (Lipinski definition) is 4. The molecule has 0 spiro atoms. The average Bonchev–Trinajstić information content (AvgIpc) is 2.34. The Morgan fingerprint density at radius 2 is 2.06 bits per heavy atom. The number of nitrogens with one attached hydrogen (secondary N) is 1. The number of ether oxygens (including phenoxy) is 2. The van der Waals surface area contributed by atoms with Crippen LogP contribution in [0, 0.1) is 0 Å². The molecule has 1 N–H and O–H groups in total. The van der Waals surface area contributed by atoms with Crippen molar-refractivity contribution in [2.45, 2.75) is 20.0 Å². The van der Waals surface area contributed by atoms with E-state index in [-0.39, 0.29) is 0 Å². The first kappa shape index (κ1) is 12.9. The molecule has 0 aliphatic carbocycles. The smallest absolute Gasteiger partial charge is 0.0889 e. The Morgan fingerprint density at radius 3 is 2.81 bits per heavy atom. The van der Waals surface area contributed by atoms with Crippen LogP contribution >= 0.6 is 0 Å². The Kier molecular flexibility index (Phi) is 6.53. The summed E-state index contributed by atoms with van der Waals surface area (Å²) in [6, 6.07) is 3.90. The lowest BCUT2D eigenvalue weighted by Crippen LogP contribution is -2.05. The topological polar surface area (TPSA) is 43.4 Å². The van der Waals surface area contributed by atoms with E-state index in [1.807, 2.05) is 19.2 Å². The molecule has 90 valence electrons. The van der Waals surface area contributed by atoms with Crippen LogP contribution in [0.2, 0.25) is 0 Å². The van der Waals surface area contributed by atoms with Crippen molar-refractivity contribution in [3.8, 4) is 0 Å². The van der Waals surface area contributed by atoms with Gasteiger partial charge in [0, 0.05) is 25.5 Å². The van der Waals surface area contributed by atoms with Gasteiger partial charge in [-0.2, -0.15) is 0 Å². The van der Waals surface area contributed by atoms with Crippen molar-refractivity contribution in [1.82, 2.24) is 4.98 Å². The summed E-state index contributed by atoms with van der Waals surface area (Å²) < 4.78 is 10.8. The number of anilines is 1. The van der Waals surface area contributed by atoms with Gasteiger partial charge < -0.3 is 14.8 Å². The van der Waals surface area contributed by atoms with Crippen LogP contribution in [-0.4, -0.2) is 31.9 Å². The van der Waals surface area contributed by atoms with E-state index in [4.69, 9.17) is 9.47 Å². The van der Waals surface area contributed by atoms with Crippen LogP contribution in [0.4, 0.5) is 5.69 Å². The highest BCUT2D eigenvalue weighted by molar-refractivity contribution is 5.42. The van der Waals surface area contributed by atoms with Crippen molar-refractivity contribution >= 4 is 5.69 Å². The summed E-state index contributed by atoms with van der Waals surface area (Å²) in [4.78, 5) is 4.22. The van der Waals surface area contributed by atoms with E-state index in [0.717, 1.165) is 24.4 Å². The Morgan fingerprint density at radius 1 is 1.25 bits per heavy atom. The number of hydrogen-bond donors (Lipinski definition) is 1. The van der Waals surface area contributed by atoms with Crippen molar-refractivity contribution in [1.29, 1.82) is 0 Å². The van der Waals surface area contributed by atoms with Gasteiger partial charge in [-0.25, -0.2) is 0 Å². The number of pyridine rings is 1. The second kappa shape index (κ2) is 8.07. The van der Waals surface area contributed by atoms with E-state index in [9.17, 15) is 0 Å². The Hall–Kier alpha value is -1.13. The molecule has 1 rings (SSSR count). The fourth-order valence-corrected chi connectivity index (χ4v) is 1.25. The van der Waals surface area contributed by atoms with Gasteiger partial charge in [0.15, 0.2) is 0 Å². The van der Waals surface area contributed by atoms with Gasteiger partial charge in [-0.05, 0) is 18.6 Å². The zero-order chi connectivity index (χ0) is 11.6. The van der Waals surface area contributed by atoms with E-state index < -0.39 is 0 Å². The molecule has 4 nitrogen and oxygen atoms in total. The van der Waals surface area contributed by atoms with Crippen LogP contribution < -0.4 is 5.32 Å². The molecule has 4 heteroatoms. The molecule has 0 fully saturated rings. The zero-order valence-corrected chi connectivity index (χ0v) is 10.0. The lowest BCUT2D eigenvalue weighted by molar-refractivity contribution is 0.0397. The van der Waals surface area contributed by atoms with Crippen molar-refractivity contribution in [2.75, 3.05) is 32.2 Å². The number of aromatic nitrogens is 1. The normalized spacial score (nSPS) is 10.4. The molecule has 16 heavy (non-hydrogen) atoms. The third-order valence-electron chi connectivity index (χ3n) is 2.08. The summed E-state index contributed by atoms with van der Waals surface area (Å²) in [7, 11) is 1.89. The van der Waals surface area contributed by atoms with Crippen molar-refractivity contribution in [2.24, 2.45) is 0 Å². The quantitative estimate of drug-likeness (QED) is 0.686. The van der Waals surface area contributed by atoms with Crippen LogP contribution in [0.1, 0.15) is 19.0 Å². The second-order valence-electron chi connectivity index (χ2n) is 3.45. The molecule has 0 aliphatic heterocycles. The standard InChI is InChI=1S/C12H20N2O2/c1-3-6-15-7-8-16-10-12-9-11(13-2)4-5-14-12/h4-5,9H,3,6-8,10H2,1-2H3,(H,13,14). The maximum atomic E-state index is 5.45. The molecular weight excluding hydrogens is 204 g/mol. The van der Waals surface area contributed by atoms with E-state index in [1.54, 1.807) is 6.20 Å². The van der Waals surface area contributed by atoms with Crippen LogP contribution in [0.3, 0.4) is 0 Å². The van der Waals surface area contributed by atoms with Crippen LogP contribution in [0.5, 0.6) is 0 Å². The van der Waals surface area contributed by atoms with Crippen LogP contribution in [0.15, 0.2) is 18.3 Å². The molecule has 1 heterocycles. The fraction of sp³-hybridized carbons (Fsp3) is 0.583. The molecule has 0 aromatic carbocycles. The minimum atomic E-state index is 0.533. The van der Waals surface area contributed by atoms with Crippen LogP contribution in [0.25, 0.3) is 0 Å².